The summed E-state index contributed by atoms with van der Waals surface area (Å²) in [6.45, 7) is 4.05. The first-order chi connectivity index (χ1) is 7.65. The third kappa shape index (κ3) is 1.79. The van der Waals surface area contributed by atoms with Crippen LogP contribution in [0.1, 0.15) is 13.8 Å². The number of aromatic nitrogens is 1. The van der Waals surface area contributed by atoms with Gasteiger partial charge in [0, 0.05) is 13.5 Å². The fraction of sp³-hybridized carbons (Fsp3) is 0.273. The molecule has 0 fully saturated rings. The lowest BCUT2D eigenvalue weighted by Gasteiger charge is -2.16. The molecular weight excluding hydrogens is 244 g/mol. The smallest absolute Gasteiger partial charge is 0.225 e. The van der Waals surface area contributed by atoms with Gasteiger partial charge in [-0.2, -0.15) is 4.37 Å². The number of anilines is 1. The lowest BCUT2D eigenvalue weighted by Crippen LogP contribution is -2.28. The summed E-state index contributed by atoms with van der Waals surface area (Å²) in [6.07, 6.45) is 0. The molecule has 0 saturated heterocycles. The van der Waals surface area contributed by atoms with E-state index < -0.39 is 0 Å². The maximum absolute atomic E-state index is 11.5. The summed E-state index contributed by atoms with van der Waals surface area (Å²) >= 11 is 7.50. The van der Waals surface area contributed by atoms with E-state index in [1.165, 1.54) is 18.5 Å². The second-order valence-electron chi connectivity index (χ2n) is 3.38. The molecule has 0 aliphatic heterocycles. The van der Waals surface area contributed by atoms with Crippen LogP contribution in [-0.2, 0) is 4.79 Å². The van der Waals surface area contributed by atoms with Crippen molar-refractivity contribution in [2.24, 2.45) is 0 Å². The van der Waals surface area contributed by atoms with Crippen LogP contribution in [0.4, 0.5) is 5.82 Å². The number of fused-ring (bicyclic) bond motifs is 1. The Labute approximate surface area is 103 Å². The van der Waals surface area contributed by atoms with Gasteiger partial charge in [-0.15, -0.1) is 0 Å². The van der Waals surface area contributed by atoms with E-state index in [0.29, 0.717) is 17.4 Å². The van der Waals surface area contributed by atoms with Gasteiger partial charge in [0.2, 0.25) is 5.91 Å². The van der Waals surface area contributed by atoms with Gasteiger partial charge in [0.15, 0.2) is 5.82 Å². The summed E-state index contributed by atoms with van der Waals surface area (Å²) in [5.74, 6) is 0.648. The average molecular weight is 255 g/mol. The van der Waals surface area contributed by atoms with Crippen molar-refractivity contribution in [2.45, 2.75) is 13.8 Å². The van der Waals surface area contributed by atoms with Crippen LogP contribution in [0.15, 0.2) is 18.2 Å². The quantitative estimate of drug-likeness (QED) is 0.824. The highest BCUT2D eigenvalue weighted by Crippen LogP contribution is 2.34. The number of carbonyl (C=O) groups is 1. The topological polar surface area (TPSA) is 33.2 Å². The van der Waals surface area contributed by atoms with Gasteiger partial charge in [-0.1, -0.05) is 17.7 Å². The Hall–Kier alpha value is -1.13. The SMILES string of the molecule is CCN(C(C)=O)c1nsc2cccc(Cl)c12. The minimum atomic E-state index is -0.0189. The van der Waals surface area contributed by atoms with Crippen molar-refractivity contribution in [3.63, 3.8) is 0 Å². The molecule has 0 aliphatic carbocycles. The molecule has 5 heteroatoms. The molecule has 1 amide bonds. The lowest BCUT2D eigenvalue weighted by atomic mass is 10.2. The maximum atomic E-state index is 11.5. The maximum Gasteiger partial charge on any atom is 0.225 e. The van der Waals surface area contributed by atoms with E-state index in [1.807, 2.05) is 25.1 Å². The molecule has 0 atom stereocenters. The zero-order chi connectivity index (χ0) is 11.7. The second-order valence-corrected chi connectivity index (χ2v) is 4.59. The number of hydrogen-bond acceptors (Lipinski definition) is 3. The molecule has 84 valence electrons. The van der Waals surface area contributed by atoms with Gasteiger partial charge in [-0.25, -0.2) is 0 Å². The minimum Gasteiger partial charge on any atom is -0.296 e. The van der Waals surface area contributed by atoms with Crippen molar-refractivity contribution in [1.82, 2.24) is 4.37 Å². The normalized spacial score (nSPS) is 10.7. The molecule has 1 aromatic carbocycles. The summed E-state index contributed by atoms with van der Waals surface area (Å²) in [5.41, 5.74) is 0. The zero-order valence-corrected chi connectivity index (χ0v) is 10.6. The average Bonchev–Trinajstić information content (AvgIpc) is 2.64. The summed E-state index contributed by atoms with van der Waals surface area (Å²) in [4.78, 5) is 13.1. The predicted octanol–water partition coefficient (Wildman–Crippen LogP) is 3.32. The fourth-order valence-electron chi connectivity index (χ4n) is 1.64. The monoisotopic (exact) mass is 254 g/mol. The Morgan fingerprint density at radius 1 is 1.56 bits per heavy atom. The summed E-state index contributed by atoms with van der Waals surface area (Å²) in [6, 6.07) is 5.66. The fourth-order valence-corrected chi connectivity index (χ4v) is 2.76. The molecule has 1 heterocycles. The largest absolute Gasteiger partial charge is 0.296 e. The van der Waals surface area contributed by atoms with E-state index in [4.69, 9.17) is 11.6 Å². The Balaban J connectivity index is 2.65. The van der Waals surface area contributed by atoms with E-state index >= 15 is 0 Å². The van der Waals surface area contributed by atoms with Gasteiger partial charge in [0.05, 0.1) is 15.1 Å². The molecular formula is C11H11ClN2OS. The van der Waals surface area contributed by atoms with E-state index in [1.54, 1.807) is 4.90 Å². The third-order valence-electron chi connectivity index (χ3n) is 2.38. The van der Waals surface area contributed by atoms with Gasteiger partial charge < -0.3 is 0 Å². The molecule has 0 radical (unpaired) electrons. The zero-order valence-electron chi connectivity index (χ0n) is 9.03. The van der Waals surface area contributed by atoms with Gasteiger partial charge in [0.1, 0.15) is 0 Å². The van der Waals surface area contributed by atoms with Crippen LogP contribution in [0.3, 0.4) is 0 Å². The summed E-state index contributed by atoms with van der Waals surface area (Å²) < 4.78 is 5.31. The van der Waals surface area contributed by atoms with Gasteiger partial charge >= 0.3 is 0 Å². The molecule has 0 spiro atoms. The summed E-state index contributed by atoms with van der Waals surface area (Å²) in [5, 5.41) is 1.51. The molecule has 0 unspecified atom stereocenters. The lowest BCUT2D eigenvalue weighted by molar-refractivity contribution is -0.116. The second kappa shape index (κ2) is 4.39. The predicted molar refractivity (Wildman–Crippen MR) is 68.3 cm³/mol. The van der Waals surface area contributed by atoms with E-state index in [-0.39, 0.29) is 5.91 Å². The van der Waals surface area contributed by atoms with Crippen molar-refractivity contribution in [3.05, 3.63) is 23.2 Å². The van der Waals surface area contributed by atoms with E-state index in [0.717, 1.165) is 10.1 Å². The molecule has 2 rings (SSSR count). The Kier molecular flexibility index (Phi) is 3.12. The Morgan fingerprint density at radius 2 is 2.31 bits per heavy atom. The van der Waals surface area contributed by atoms with E-state index in [9.17, 15) is 4.79 Å². The first-order valence-electron chi connectivity index (χ1n) is 4.97. The molecule has 0 aliphatic rings. The van der Waals surface area contributed by atoms with Crippen LogP contribution < -0.4 is 4.90 Å². The number of benzene rings is 1. The van der Waals surface area contributed by atoms with Crippen LogP contribution in [0.2, 0.25) is 5.02 Å². The van der Waals surface area contributed by atoms with Crippen molar-refractivity contribution in [1.29, 1.82) is 0 Å². The van der Waals surface area contributed by atoms with E-state index in [2.05, 4.69) is 4.37 Å². The molecule has 1 aromatic heterocycles. The number of nitrogens with zero attached hydrogens (tertiary/aromatic N) is 2. The third-order valence-corrected chi connectivity index (χ3v) is 3.50. The molecule has 16 heavy (non-hydrogen) atoms. The standard InChI is InChI=1S/C11H11ClN2OS/c1-3-14(7(2)15)11-10-8(12)5-4-6-9(10)16-13-11/h4-6H,3H2,1-2H3. The number of halogens is 1. The van der Waals surface area contributed by atoms with Gasteiger partial charge in [-0.05, 0) is 30.6 Å². The first-order valence-corrected chi connectivity index (χ1v) is 6.12. The number of amides is 1. The highest BCUT2D eigenvalue weighted by molar-refractivity contribution is 7.13. The molecule has 0 saturated carbocycles. The number of carbonyl (C=O) groups excluding carboxylic acids is 1. The van der Waals surface area contributed by atoms with Crippen molar-refractivity contribution in [2.75, 3.05) is 11.4 Å². The van der Waals surface area contributed by atoms with Crippen LogP contribution in [0, 0.1) is 0 Å². The molecule has 0 N–H and O–H groups in total. The van der Waals surface area contributed by atoms with Crippen LogP contribution in [-0.4, -0.2) is 16.8 Å². The van der Waals surface area contributed by atoms with Crippen LogP contribution in [0.25, 0.3) is 10.1 Å². The minimum absolute atomic E-state index is 0.0189. The number of rotatable bonds is 2. The van der Waals surface area contributed by atoms with Gasteiger partial charge in [0.25, 0.3) is 0 Å². The first kappa shape index (κ1) is 11.4. The molecule has 0 bridgehead atoms. The van der Waals surface area contributed by atoms with Crippen molar-refractivity contribution < 1.29 is 4.79 Å². The highest BCUT2D eigenvalue weighted by atomic mass is 35.5. The Bertz CT molecular complexity index is 538. The molecule has 3 nitrogen and oxygen atoms in total. The highest BCUT2D eigenvalue weighted by Gasteiger charge is 2.17. The van der Waals surface area contributed by atoms with Crippen molar-refractivity contribution in [3.8, 4) is 0 Å². The Morgan fingerprint density at radius 3 is 2.94 bits per heavy atom. The van der Waals surface area contributed by atoms with Crippen LogP contribution in [0.5, 0.6) is 0 Å². The molecule has 2 aromatic rings. The number of hydrogen-bond donors (Lipinski definition) is 0. The van der Waals surface area contributed by atoms with Gasteiger partial charge in [-0.3, -0.25) is 9.69 Å². The van der Waals surface area contributed by atoms with Crippen molar-refractivity contribution >= 4 is 44.9 Å². The van der Waals surface area contributed by atoms with Crippen LogP contribution >= 0.6 is 23.1 Å². The summed E-state index contributed by atoms with van der Waals surface area (Å²) in [7, 11) is 0.